The molecular formula is C41H25N3S. The molecule has 4 heteroatoms. The van der Waals surface area contributed by atoms with E-state index < -0.39 is 0 Å². The fourth-order valence-electron chi connectivity index (χ4n) is 6.35. The van der Waals surface area contributed by atoms with Gasteiger partial charge >= 0.3 is 0 Å². The van der Waals surface area contributed by atoms with Gasteiger partial charge in [0.25, 0.3) is 0 Å². The lowest BCUT2D eigenvalue weighted by Crippen LogP contribution is -1.95. The Kier molecular flexibility index (Phi) is 6.00. The molecule has 0 fully saturated rings. The van der Waals surface area contributed by atoms with Crippen molar-refractivity contribution in [1.82, 2.24) is 15.0 Å². The van der Waals surface area contributed by atoms with Crippen molar-refractivity contribution in [2.45, 2.75) is 0 Å². The Labute approximate surface area is 264 Å². The van der Waals surface area contributed by atoms with Crippen LogP contribution in [0.4, 0.5) is 0 Å². The Morgan fingerprint density at radius 1 is 0.378 bits per heavy atom. The van der Waals surface area contributed by atoms with Crippen LogP contribution in [0.15, 0.2) is 152 Å². The number of nitrogens with zero attached hydrogens (tertiary/aromatic N) is 3. The van der Waals surface area contributed by atoms with Gasteiger partial charge in [-0.3, -0.25) is 0 Å². The fourth-order valence-corrected chi connectivity index (χ4v) is 7.44. The van der Waals surface area contributed by atoms with Crippen molar-refractivity contribution >= 4 is 53.2 Å². The van der Waals surface area contributed by atoms with E-state index >= 15 is 0 Å². The number of thiophene rings is 1. The van der Waals surface area contributed by atoms with E-state index in [1.807, 2.05) is 23.5 Å². The third-order valence-corrected chi connectivity index (χ3v) is 9.61. The average Bonchev–Trinajstić information content (AvgIpc) is 3.50. The van der Waals surface area contributed by atoms with Gasteiger partial charge in [0.05, 0.1) is 22.6 Å². The topological polar surface area (TPSA) is 38.7 Å². The number of benzene rings is 6. The summed E-state index contributed by atoms with van der Waals surface area (Å²) in [5.41, 5.74) is 8.06. The van der Waals surface area contributed by atoms with Crippen LogP contribution in [0.3, 0.4) is 0 Å². The van der Waals surface area contributed by atoms with Crippen LogP contribution < -0.4 is 0 Å². The lowest BCUT2D eigenvalue weighted by molar-refractivity contribution is 1.18. The van der Waals surface area contributed by atoms with Crippen molar-refractivity contribution in [2.75, 3.05) is 0 Å². The summed E-state index contributed by atoms with van der Waals surface area (Å²) in [7, 11) is 0. The first-order chi connectivity index (χ1) is 22.3. The molecule has 0 aliphatic carbocycles. The summed E-state index contributed by atoms with van der Waals surface area (Å²) in [5, 5.41) is 5.99. The molecule has 0 amide bonds. The van der Waals surface area contributed by atoms with E-state index in [1.165, 1.54) is 30.9 Å². The number of hydrogen-bond acceptors (Lipinski definition) is 4. The molecule has 3 nitrogen and oxygen atoms in total. The molecule has 0 atom stereocenters. The normalized spacial score (nSPS) is 11.6. The predicted octanol–water partition coefficient (Wildman–Crippen LogP) is 11.2. The molecule has 0 unspecified atom stereocenters. The lowest BCUT2D eigenvalue weighted by Gasteiger charge is -2.12. The van der Waals surface area contributed by atoms with Gasteiger partial charge in [-0.05, 0) is 41.8 Å². The lowest BCUT2D eigenvalue weighted by atomic mass is 9.95. The summed E-state index contributed by atoms with van der Waals surface area (Å²) >= 11 is 1.82. The van der Waals surface area contributed by atoms with Crippen LogP contribution in [-0.4, -0.2) is 15.0 Å². The zero-order chi connectivity index (χ0) is 29.7. The van der Waals surface area contributed by atoms with Gasteiger partial charge in [0.1, 0.15) is 0 Å². The summed E-state index contributed by atoms with van der Waals surface area (Å²) in [6.07, 6.45) is 0. The Morgan fingerprint density at radius 2 is 0.978 bits per heavy atom. The van der Waals surface area contributed by atoms with Crippen LogP contribution in [-0.2, 0) is 0 Å². The molecule has 210 valence electrons. The zero-order valence-corrected chi connectivity index (χ0v) is 25.0. The van der Waals surface area contributed by atoms with Crippen LogP contribution in [0.1, 0.15) is 0 Å². The maximum absolute atomic E-state index is 5.26. The van der Waals surface area contributed by atoms with E-state index in [0.717, 1.165) is 50.2 Å². The minimum Gasteiger partial charge on any atom is -0.247 e. The highest BCUT2D eigenvalue weighted by Crippen LogP contribution is 2.44. The Balaban J connectivity index is 1.34. The molecule has 3 heterocycles. The van der Waals surface area contributed by atoms with Gasteiger partial charge in [0.2, 0.25) is 0 Å². The first-order valence-electron chi connectivity index (χ1n) is 15.0. The summed E-state index contributed by atoms with van der Waals surface area (Å²) in [5.74, 6) is 0.712. The van der Waals surface area contributed by atoms with Crippen molar-refractivity contribution in [3.63, 3.8) is 0 Å². The number of hydrogen-bond donors (Lipinski definition) is 0. The minimum absolute atomic E-state index is 0.712. The van der Waals surface area contributed by atoms with Gasteiger partial charge in [-0.15, -0.1) is 11.3 Å². The summed E-state index contributed by atoms with van der Waals surface area (Å²) in [6.45, 7) is 0. The molecule has 3 aromatic heterocycles. The number of para-hydroxylation sites is 1. The Hall–Kier alpha value is -5.71. The second kappa shape index (κ2) is 10.5. The monoisotopic (exact) mass is 591 g/mol. The number of pyridine rings is 1. The van der Waals surface area contributed by atoms with Gasteiger partial charge in [0.15, 0.2) is 5.82 Å². The van der Waals surface area contributed by atoms with Gasteiger partial charge in [-0.25, -0.2) is 15.0 Å². The highest BCUT2D eigenvalue weighted by atomic mass is 32.1. The molecular weight excluding hydrogens is 567 g/mol. The highest BCUT2D eigenvalue weighted by molar-refractivity contribution is 7.26. The zero-order valence-electron chi connectivity index (χ0n) is 24.2. The molecule has 6 aromatic carbocycles. The molecule has 0 N–H and O–H groups in total. The standard InChI is InChI=1S/C41H25N3S/c1-4-12-26(13-5-1)34-25-35(27-14-6-2-7-15-27)44-41(43-34)29-20-22-36-32(24-29)38-37(45-36)23-21-31-30-18-10-11-19-33(30)42-40(39(31)38)28-16-8-3-9-17-28/h1-25H. The summed E-state index contributed by atoms with van der Waals surface area (Å²) in [4.78, 5) is 15.5. The quantitative estimate of drug-likeness (QED) is 0.191. The average molecular weight is 592 g/mol. The van der Waals surface area contributed by atoms with E-state index in [9.17, 15) is 0 Å². The third kappa shape index (κ3) is 4.38. The summed E-state index contributed by atoms with van der Waals surface area (Å²) in [6, 6.07) is 52.9. The molecule has 0 aliphatic rings. The van der Waals surface area contributed by atoms with E-state index in [-0.39, 0.29) is 0 Å². The largest absolute Gasteiger partial charge is 0.247 e. The van der Waals surface area contributed by atoms with Gasteiger partial charge < -0.3 is 0 Å². The fraction of sp³-hybridized carbons (Fsp3) is 0. The van der Waals surface area contributed by atoms with E-state index in [1.54, 1.807) is 0 Å². The molecule has 9 aromatic rings. The maximum atomic E-state index is 5.26. The molecule has 0 radical (unpaired) electrons. The smallest absolute Gasteiger partial charge is 0.160 e. The van der Waals surface area contributed by atoms with E-state index in [0.29, 0.717) is 5.82 Å². The van der Waals surface area contributed by atoms with Crippen LogP contribution in [0.2, 0.25) is 0 Å². The Bertz CT molecular complexity index is 2460. The second-order valence-corrected chi connectivity index (χ2v) is 12.3. The highest BCUT2D eigenvalue weighted by Gasteiger charge is 2.18. The van der Waals surface area contributed by atoms with Crippen LogP contribution >= 0.6 is 11.3 Å². The van der Waals surface area contributed by atoms with Gasteiger partial charge in [-0.1, -0.05) is 115 Å². The molecule has 9 rings (SSSR count). The SMILES string of the molecule is c1ccc(-c2cc(-c3ccccc3)nc(-c3ccc4sc5ccc6c7ccccc7nc(-c7ccccc7)c6c5c4c3)n2)cc1. The first kappa shape index (κ1) is 25.8. The third-order valence-electron chi connectivity index (χ3n) is 8.47. The van der Waals surface area contributed by atoms with Crippen LogP contribution in [0, 0.1) is 0 Å². The molecule has 45 heavy (non-hydrogen) atoms. The summed E-state index contributed by atoms with van der Waals surface area (Å²) < 4.78 is 2.48. The minimum atomic E-state index is 0.712. The molecule has 0 bridgehead atoms. The van der Waals surface area contributed by atoms with E-state index in [4.69, 9.17) is 15.0 Å². The van der Waals surface area contributed by atoms with Crippen molar-refractivity contribution in [3.8, 4) is 45.2 Å². The first-order valence-corrected chi connectivity index (χ1v) is 15.9. The maximum Gasteiger partial charge on any atom is 0.160 e. The molecule has 0 aliphatic heterocycles. The predicted molar refractivity (Wildman–Crippen MR) is 189 cm³/mol. The second-order valence-electron chi connectivity index (χ2n) is 11.2. The van der Waals surface area contributed by atoms with Crippen LogP contribution in [0.5, 0.6) is 0 Å². The van der Waals surface area contributed by atoms with Crippen molar-refractivity contribution < 1.29 is 0 Å². The van der Waals surface area contributed by atoms with Crippen molar-refractivity contribution in [1.29, 1.82) is 0 Å². The van der Waals surface area contributed by atoms with Gasteiger partial charge in [-0.2, -0.15) is 0 Å². The molecule has 0 spiro atoms. The van der Waals surface area contributed by atoms with Gasteiger partial charge in [0, 0.05) is 53.2 Å². The number of fused-ring (bicyclic) bond motifs is 7. The number of rotatable bonds is 4. The molecule has 0 saturated carbocycles. The van der Waals surface area contributed by atoms with E-state index in [2.05, 4.69) is 140 Å². The Morgan fingerprint density at radius 3 is 1.67 bits per heavy atom. The van der Waals surface area contributed by atoms with Crippen molar-refractivity contribution in [3.05, 3.63) is 152 Å². The van der Waals surface area contributed by atoms with Crippen LogP contribution in [0.25, 0.3) is 87.0 Å². The molecule has 0 saturated heterocycles. The number of aromatic nitrogens is 3. The van der Waals surface area contributed by atoms with Crippen molar-refractivity contribution in [2.24, 2.45) is 0 Å².